The van der Waals surface area contributed by atoms with E-state index in [0.717, 1.165) is 37.2 Å². The van der Waals surface area contributed by atoms with Gasteiger partial charge in [0.1, 0.15) is 0 Å². The van der Waals surface area contributed by atoms with Gasteiger partial charge < -0.3 is 0 Å². The molecule has 0 aromatic carbocycles. The number of carbonyl (C=O) groups excluding carboxylic acids is 2. The van der Waals surface area contributed by atoms with E-state index in [1.165, 1.54) is 63.9 Å². The number of unbranched alkanes of at least 4 members (excludes halogenated alkanes) is 5. The second-order valence-corrected chi connectivity index (χ2v) is 33.3. The van der Waals surface area contributed by atoms with Gasteiger partial charge in [-0.1, -0.05) is 0 Å². The number of hydrogen-bond acceptors (Lipinski definition) is 6. The first-order valence-electron chi connectivity index (χ1n) is 17.8. The summed E-state index contributed by atoms with van der Waals surface area (Å²) in [5.41, 5.74) is 0. The fourth-order valence-corrected chi connectivity index (χ4v) is 22.7. The molecule has 5 nitrogen and oxygen atoms in total. The van der Waals surface area contributed by atoms with Crippen molar-refractivity contribution in [3.8, 4) is 0 Å². The second-order valence-electron chi connectivity index (χ2n) is 14.4. The van der Waals surface area contributed by atoms with E-state index < -0.39 is 26.7 Å². The Bertz CT molecular complexity index is 889. The first kappa shape index (κ1) is 41.8. The molecule has 1 aliphatic carbocycles. The molecule has 0 amide bonds. The molecule has 0 heterocycles. The molecule has 0 saturated carbocycles. The third-order valence-corrected chi connectivity index (χ3v) is 29.5. The maximum atomic E-state index is 12.8. The summed E-state index contributed by atoms with van der Waals surface area (Å²) in [4.78, 5) is 25.6. The SMILES string of the molecule is CCC[CH2][Sn](/[CH]=C/[C@@H]1C(SCCCCCC(=O)OC)=C(OC(=O)CCC)C[C@H]1O[Si](C)(C)C(C)(C)C)([CH2]CCC)[CH2]CCC. The number of rotatable bonds is 23. The van der Waals surface area contributed by atoms with Gasteiger partial charge in [-0.15, -0.1) is 0 Å². The summed E-state index contributed by atoms with van der Waals surface area (Å²) in [5.74, 6) is 1.66. The molecule has 0 radical (unpaired) electrons. The third-order valence-electron chi connectivity index (χ3n) is 9.56. The van der Waals surface area contributed by atoms with Gasteiger partial charge in [0.2, 0.25) is 0 Å². The Hall–Kier alpha value is -0.254. The van der Waals surface area contributed by atoms with Gasteiger partial charge >= 0.3 is 276 Å². The fourth-order valence-electron chi connectivity index (χ4n) is 5.66. The van der Waals surface area contributed by atoms with Crippen molar-refractivity contribution in [2.24, 2.45) is 5.92 Å². The number of hydrogen-bond donors (Lipinski definition) is 0. The molecule has 0 fully saturated rings. The Labute approximate surface area is 281 Å². The molecule has 1 aliphatic rings. The van der Waals surface area contributed by atoms with E-state index in [2.05, 4.69) is 64.8 Å². The van der Waals surface area contributed by atoms with Crippen LogP contribution in [0.4, 0.5) is 0 Å². The van der Waals surface area contributed by atoms with E-state index in [9.17, 15) is 9.59 Å². The number of carbonyl (C=O) groups is 2. The van der Waals surface area contributed by atoms with E-state index >= 15 is 0 Å². The quantitative estimate of drug-likeness (QED) is 0.0587. The van der Waals surface area contributed by atoms with Crippen LogP contribution in [0.25, 0.3) is 0 Å². The molecule has 0 aliphatic heterocycles. The van der Waals surface area contributed by atoms with Crippen molar-refractivity contribution in [3.63, 3.8) is 0 Å². The van der Waals surface area contributed by atoms with Crippen LogP contribution in [0.2, 0.25) is 31.4 Å². The molecule has 0 bridgehead atoms. The predicted octanol–water partition coefficient (Wildman–Crippen LogP) is 11.4. The van der Waals surface area contributed by atoms with E-state index in [0.29, 0.717) is 19.3 Å². The van der Waals surface area contributed by atoms with Gasteiger partial charge in [0.15, 0.2) is 0 Å². The van der Waals surface area contributed by atoms with Crippen LogP contribution in [0.3, 0.4) is 0 Å². The molecule has 0 unspecified atom stereocenters. The van der Waals surface area contributed by atoms with Crippen LogP contribution < -0.4 is 0 Å². The van der Waals surface area contributed by atoms with Crippen LogP contribution in [0.5, 0.6) is 0 Å². The third kappa shape index (κ3) is 14.7. The van der Waals surface area contributed by atoms with Gasteiger partial charge in [-0.3, -0.25) is 0 Å². The van der Waals surface area contributed by atoms with Gasteiger partial charge in [0.05, 0.1) is 7.11 Å². The number of esters is 2. The molecule has 256 valence electrons. The van der Waals surface area contributed by atoms with Crippen molar-refractivity contribution in [1.29, 1.82) is 0 Å². The number of methoxy groups -OCH3 is 1. The number of ether oxygens (including phenoxy) is 2. The zero-order valence-electron chi connectivity index (χ0n) is 30.3. The van der Waals surface area contributed by atoms with Crippen molar-refractivity contribution >= 4 is 50.4 Å². The summed E-state index contributed by atoms with van der Waals surface area (Å²) in [6, 6.07) is 0. The van der Waals surface area contributed by atoms with E-state index in [-0.39, 0.29) is 29.0 Å². The van der Waals surface area contributed by atoms with Crippen LogP contribution in [-0.4, -0.2) is 57.6 Å². The minimum absolute atomic E-state index is 0.00547. The molecule has 2 atom stereocenters. The summed E-state index contributed by atoms with van der Waals surface area (Å²) in [7, 11) is -0.612. The van der Waals surface area contributed by atoms with Crippen molar-refractivity contribution in [3.05, 3.63) is 20.8 Å². The van der Waals surface area contributed by atoms with Crippen molar-refractivity contribution in [1.82, 2.24) is 0 Å². The predicted molar refractivity (Wildman–Crippen MR) is 195 cm³/mol. The Kier molecular flexibility index (Phi) is 20.5. The number of thioether (sulfide) groups is 1. The normalized spacial score (nSPS) is 18.0. The second kappa shape index (κ2) is 21.6. The molecule has 44 heavy (non-hydrogen) atoms. The summed E-state index contributed by atoms with van der Waals surface area (Å²) >= 11 is -0.691. The van der Waals surface area contributed by atoms with E-state index in [4.69, 9.17) is 13.9 Å². The summed E-state index contributed by atoms with van der Waals surface area (Å²) in [5, 5.41) is 0.0994. The molecule has 0 aromatic rings. The van der Waals surface area contributed by atoms with Crippen molar-refractivity contribution < 1.29 is 23.5 Å². The van der Waals surface area contributed by atoms with Crippen LogP contribution in [0.15, 0.2) is 20.8 Å². The molecule has 0 aromatic heterocycles. The van der Waals surface area contributed by atoms with Crippen molar-refractivity contribution in [2.75, 3.05) is 12.9 Å². The van der Waals surface area contributed by atoms with E-state index in [1.54, 1.807) is 0 Å². The summed E-state index contributed by atoms with van der Waals surface area (Å²) in [6.45, 7) is 20.6. The zero-order valence-corrected chi connectivity index (χ0v) is 35.0. The van der Waals surface area contributed by atoms with Crippen LogP contribution >= 0.6 is 11.8 Å². The standard InChI is InChI=1S/C24H41O5SSi.3C4H9.Sn/c1-9-14-22(26)28-20-17-19(29-31(7,8)24(3,4)5)18(10-2)23(20)30-16-13-11-12-15-21(25)27-6;3*1-3-4-2;/h2,10,18-19H,9,11-17H2,1,3-8H3;3*1,3-4H2,2H3;/t18-,19+;;;;/m0..../s1. The molecule has 0 saturated heterocycles. The molecule has 8 heteroatoms. The first-order valence-corrected chi connectivity index (χ1v) is 29.4. The van der Waals surface area contributed by atoms with Crippen LogP contribution in [-0.2, 0) is 23.5 Å². The van der Waals surface area contributed by atoms with Crippen LogP contribution in [0, 0.1) is 5.92 Å². The maximum absolute atomic E-state index is 12.8. The molecule has 1 rings (SSSR count). The van der Waals surface area contributed by atoms with Gasteiger partial charge in [0.25, 0.3) is 0 Å². The van der Waals surface area contributed by atoms with Gasteiger partial charge in [-0.25, -0.2) is 0 Å². The summed E-state index contributed by atoms with van der Waals surface area (Å²) in [6.07, 6.45) is 15.6. The monoisotopic (exact) mass is 760 g/mol. The summed E-state index contributed by atoms with van der Waals surface area (Å²) < 4.78 is 25.2. The molecular weight excluding hydrogens is 691 g/mol. The topological polar surface area (TPSA) is 61.8 Å². The van der Waals surface area contributed by atoms with Crippen molar-refractivity contribution in [2.45, 2.75) is 169 Å². The Morgan fingerprint density at radius 1 is 0.864 bits per heavy atom. The van der Waals surface area contributed by atoms with E-state index in [1.807, 2.05) is 18.7 Å². The fraction of sp³-hybridized carbons (Fsp3) is 0.833. The molecule has 0 N–H and O–H groups in total. The minimum atomic E-state index is -2.55. The Morgan fingerprint density at radius 3 is 1.95 bits per heavy atom. The molecular formula is C36H68O5SSiSn. The van der Waals surface area contributed by atoms with Gasteiger partial charge in [-0.2, -0.15) is 0 Å². The average Bonchev–Trinajstić information content (AvgIpc) is 3.27. The zero-order chi connectivity index (χ0) is 33.2. The average molecular weight is 760 g/mol. The van der Waals surface area contributed by atoms with Gasteiger partial charge in [0, 0.05) is 0 Å². The molecule has 0 spiro atoms. The van der Waals surface area contributed by atoms with Crippen LogP contribution in [0.1, 0.15) is 132 Å². The van der Waals surface area contributed by atoms with Gasteiger partial charge in [-0.05, 0) is 0 Å². The Balaban J connectivity index is 3.50. The first-order chi connectivity index (χ1) is 20.8. The Morgan fingerprint density at radius 2 is 1.45 bits per heavy atom.